The van der Waals surface area contributed by atoms with Gasteiger partial charge >= 0.3 is 5.97 Å². The highest BCUT2D eigenvalue weighted by Crippen LogP contribution is 2.00. The Morgan fingerprint density at radius 2 is 1.96 bits per heavy atom. The van der Waals surface area contributed by atoms with Crippen molar-refractivity contribution < 1.29 is 24.6 Å². The van der Waals surface area contributed by atoms with E-state index in [1.165, 1.54) is 26.4 Å². The maximum absolute atomic E-state index is 12.0. The molecule has 1 heterocycles. The fourth-order valence-electron chi connectivity index (χ4n) is 1.76. The maximum Gasteiger partial charge on any atom is 0.325 e. The van der Waals surface area contributed by atoms with Crippen molar-refractivity contribution in [3.8, 4) is 0 Å². The van der Waals surface area contributed by atoms with Crippen molar-refractivity contribution in [2.45, 2.75) is 44.5 Å². The number of nitrogens with two attached hydrogens (primary N) is 1. The van der Waals surface area contributed by atoms with E-state index in [0.29, 0.717) is 5.69 Å². The predicted molar refractivity (Wildman–Crippen MR) is 79.1 cm³/mol. The zero-order valence-electron chi connectivity index (χ0n) is 12.8. The summed E-state index contributed by atoms with van der Waals surface area (Å²) in [6.45, 7) is 2.57. The summed E-state index contributed by atoms with van der Waals surface area (Å²) < 4.78 is 0. The van der Waals surface area contributed by atoms with Crippen LogP contribution in [0, 0.1) is 0 Å². The number of aromatic amines is 1. The van der Waals surface area contributed by atoms with Gasteiger partial charge in [-0.05, 0) is 13.8 Å². The largest absolute Gasteiger partial charge is 0.480 e. The Morgan fingerprint density at radius 1 is 1.30 bits per heavy atom. The number of carbonyl (C=O) groups is 3. The Labute approximate surface area is 132 Å². The predicted octanol–water partition coefficient (Wildman–Crippen LogP) is -2.27. The van der Waals surface area contributed by atoms with Crippen LogP contribution in [0.2, 0.25) is 0 Å². The van der Waals surface area contributed by atoms with E-state index >= 15 is 0 Å². The van der Waals surface area contributed by atoms with Gasteiger partial charge in [-0.3, -0.25) is 14.4 Å². The summed E-state index contributed by atoms with van der Waals surface area (Å²) in [7, 11) is 0. The van der Waals surface area contributed by atoms with Gasteiger partial charge in [-0.1, -0.05) is 0 Å². The number of nitrogens with zero attached hydrogens (tertiary/aromatic N) is 1. The number of carbonyl (C=O) groups excluding carboxylic acids is 2. The Balaban J connectivity index is 2.65. The molecule has 0 spiro atoms. The molecule has 0 radical (unpaired) electrons. The summed E-state index contributed by atoms with van der Waals surface area (Å²) in [5, 5.41) is 22.9. The van der Waals surface area contributed by atoms with Crippen molar-refractivity contribution in [2.75, 3.05) is 0 Å². The van der Waals surface area contributed by atoms with Crippen LogP contribution in [0.1, 0.15) is 19.5 Å². The normalized spacial score (nSPS) is 16.0. The van der Waals surface area contributed by atoms with Crippen molar-refractivity contribution in [3.63, 3.8) is 0 Å². The Bertz CT molecular complexity index is 545. The first-order valence-corrected chi connectivity index (χ1v) is 6.96. The highest BCUT2D eigenvalue weighted by molar-refractivity contribution is 5.92. The van der Waals surface area contributed by atoms with Gasteiger partial charge in [0.15, 0.2) is 0 Å². The number of aliphatic hydroxyl groups excluding tert-OH is 1. The molecule has 2 amide bonds. The molecule has 0 aliphatic rings. The standard InChI is InChI=1S/C13H21N5O5/c1-6(13(22)23)17-12(21)10(7(2)19)18-11(20)9(14)3-8-4-15-5-16-8/h4-7,9-10,19H,3,14H2,1-2H3,(H,15,16)(H,17,21)(H,18,20)(H,22,23)/t6-,7+,9-,10-/m0/s1. The summed E-state index contributed by atoms with van der Waals surface area (Å²) in [6, 6.07) is -3.42. The van der Waals surface area contributed by atoms with Gasteiger partial charge in [0.05, 0.1) is 18.5 Å². The third-order valence-electron chi connectivity index (χ3n) is 3.12. The third-order valence-corrected chi connectivity index (χ3v) is 3.12. The van der Waals surface area contributed by atoms with Crippen LogP contribution in [-0.4, -0.2) is 62.2 Å². The van der Waals surface area contributed by atoms with Gasteiger partial charge in [-0.15, -0.1) is 0 Å². The molecule has 1 rings (SSSR count). The number of H-pyrrole nitrogens is 1. The Hall–Kier alpha value is -2.46. The Kier molecular flexibility index (Phi) is 6.66. The van der Waals surface area contributed by atoms with Gasteiger partial charge in [-0.25, -0.2) is 4.98 Å². The van der Waals surface area contributed by atoms with E-state index in [-0.39, 0.29) is 6.42 Å². The van der Waals surface area contributed by atoms with Gasteiger partial charge in [0, 0.05) is 18.3 Å². The molecule has 10 heteroatoms. The van der Waals surface area contributed by atoms with Crippen molar-refractivity contribution in [2.24, 2.45) is 5.73 Å². The van der Waals surface area contributed by atoms with Crippen molar-refractivity contribution in [3.05, 3.63) is 18.2 Å². The molecule has 23 heavy (non-hydrogen) atoms. The highest BCUT2D eigenvalue weighted by atomic mass is 16.4. The minimum Gasteiger partial charge on any atom is -0.480 e. The van der Waals surface area contributed by atoms with Crippen molar-refractivity contribution >= 4 is 17.8 Å². The monoisotopic (exact) mass is 327 g/mol. The van der Waals surface area contributed by atoms with Crippen LogP contribution in [0.25, 0.3) is 0 Å². The number of carboxylic acid groups (broad SMARTS) is 1. The molecular weight excluding hydrogens is 306 g/mol. The molecule has 1 aromatic rings. The van der Waals surface area contributed by atoms with Gasteiger partial charge < -0.3 is 31.6 Å². The minimum absolute atomic E-state index is 0.172. The number of rotatable bonds is 8. The molecule has 0 aliphatic carbocycles. The Morgan fingerprint density at radius 3 is 2.43 bits per heavy atom. The molecule has 0 unspecified atom stereocenters. The van der Waals surface area contributed by atoms with Gasteiger partial charge in [0.25, 0.3) is 0 Å². The first-order chi connectivity index (χ1) is 10.7. The lowest BCUT2D eigenvalue weighted by molar-refractivity contribution is -0.142. The van der Waals surface area contributed by atoms with Crippen molar-refractivity contribution in [1.82, 2.24) is 20.6 Å². The number of hydrogen-bond donors (Lipinski definition) is 6. The zero-order valence-corrected chi connectivity index (χ0v) is 12.8. The molecule has 0 aromatic carbocycles. The lowest BCUT2D eigenvalue weighted by atomic mass is 10.1. The number of imidazole rings is 1. The van der Waals surface area contributed by atoms with E-state index in [1.807, 2.05) is 0 Å². The lowest BCUT2D eigenvalue weighted by Gasteiger charge is -2.23. The van der Waals surface area contributed by atoms with E-state index in [0.717, 1.165) is 0 Å². The fourth-order valence-corrected chi connectivity index (χ4v) is 1.76. The maximum atomic E-state index is 12.0. The van der Waals surface area contributed by atoms with E-state index in [2.05, 4.69) is 20.6 Å². The number of hydrogen-bond acceptors (Lipinski definition) is 6. The van der Waals surface area contributed by atoms with Crippen LogP contribution < -0.4 is 16.4 Å². The number of amides is 2. The van der Waals surface area contributed by atoms with Crippen LogP contribution in [0.3, 0.4) is 0 Å². The van der Waals surface area contributed by atoms with Crippen LogP contribution in [0.5, 0.6) is 0 Å². The van der Waals surface area contributed by atoms with Gasteiger partial charge in [-0.2, -0.15) is 0 Å². The number of nitrogens with one attached hydrogen (secondary N) is 3. The quantitative estimate of drug-likeness (QED) is 0.312. The molecule has 0 bridgehead atoms. The average molecular weight is 327 g/mol. The van der Waals surface area contributed by atoms with Crippen LogP contribution in [-0.2, 0) is 20.8 Å². The summed E-state index contributed by atoms with van der Waals surface area (Å²) in [5.41, 5.74) is 6.38. The molecule has 0 saturated heterocycles. The first-order valence-electron chi connectivity index (χ1n) is 6.96. The topological polar surface area (TPSA) is 170 Å². The molecule has 128 valence electrons. The molecule has 7 N–H and O–H groups in total. The van der Waals surface area contributed by atoms with E-state index in [4.69, 9.17) is 10.8 Å². The lowest BCUT2D eigenvalue weighted by Crippen LogP contribution is -2.58. The summed E-state index contributed by atoms with van der Waals surface area (Å²) >= 11 is 0. The van der Waals surface area contributed by atoms with E-state index in [1.54, 1.807) is 0 Å². The second-order valence-electron chi connectivity index (χ2n) is 5.18. The van der Waals surface area contributed by atoms with E-state index in [9.17, 15) is 19.5 Å². The van der Waals surface area contributed by atoms with Crippen LogP contribution in [0.4, 0.5) is 0 Å². The zero-order chi connectivity index (χ0) is 17.6. The first kappa shape index (κ1) is 18.6. The fraction of sp³-hybridized carbons (Fsp3) is 0.538. The molecule has 0 saturated carbocycles. The molecule has 4 atom stereocenters. The summed E-state index contributed by atoms with van der Waals surface area (Å²) in [6.07, 6.45) is 1.91. The van der Waals surface area contributed by atoms with Gasteiger partial charge in [0.1, 0.15) is 12.1 Å². The molecule has 1 aromatic heterocycles. The second kappa shape index (κ2) is 8.25. The number of carboxylic acids is 1. The van der Waals surface area contributed by atoms with Crippen molar-refractivity contribution in [1.29, 1.82) is 0 Å². The molecular formula is C13H21N5O5. The van der Waals surface area contributed by atoms with Gasteiger partial charge in [0.2, 0.25) is 11.8 Å². The van der Waals surface area contributed by atoms with E-state index < -0.39 is 42.0 Å². The smallest absolute Gasteiger partial charge is 0.325 e. The number of aliphatic carboxylic acids is 1. The molecule has 10 nitrogen and oxygen atoms in total. The summed E-state index contributed by atoms with van der Waals surface area (Å²) in [4.78, 5) is 41.3. The highest BCUT2D eigenvalue weighted by Gasteiger charge is 2.29. The molecule has 0 aliphatic heterocycles. The SMILES string of the molecule is C[C@H](NC(=O)[C@@H](NC(=O)[C@@H](N)Cc1cnc[nH]1)[C@@H](C)O)C(=O)O. The third kappa shape index (κ3) is 5.68. The minimum atomic E-state index is -1.31. The average Bonchev–Trinajstić information content (AvgIpc) is 2.96. The number of aliphatic hydroxyl groups is 1. The van der Waals surface area contributed by atoms with Crippen LogP contribution >= 0.6 is 0 Å². The second-order valence-corrected chi connectivity index (χ2v) is 5.18. The number of aromatic nitrogens is 2. The van der Waals surface area contributed by atoms with Crippen LogP contribution in [0.15, 0.2) is 12.5 Å². The molecule has 0 fully saturated rings. The summed E-state index contributed by atoms with van der Waals surface area (Å²) in [5.74, 6) is -2.69.